The molecule has 0 spiro atoms. The molecule has 2 rings (SSSR count). The first-order chi connectivity index (χ1) is 11.7. The number of carbonyl (C=O) groups excluding carboxylic acids is 1. The molecule has 7 heteroatoms. The summed E-state index contributed by atoms with van der Waals surface area (Å²) in [4.78, 5) is 14.1. The Balaban J connectivity index is 1.99. The molecule has 1 aromatic rings. The van der Waals surface area contributed by atoms with Gasteiger partial charge in [0.25, 0.3) is 0 Å². The van der Waals surface area contributed by atoms with Gasteiger partial charge < -0.3 is 9.64 Å². The van der Waals surface area contributed by atoms with Gasteiger partial charge in [-0.25, -0.2) is 8.42 Å². The highest BCUT2D eigenvalue weighted by molar-refractivity contribution is 7.88. The molecule has 1 amide bonds. The molecule has 1 saturated heterocycles. The van der Waals surface area contributed by atoms with Crippen molar-refractivity contribution in [2.24, 2.45) is 0 Å². The van der Waals surface area contributed by atoms with Crippen LogP contribution in [0.2, 0.25) is 0 Å². The van der Waals surface area contributed by atoms with Crippen molar-refractivity contribution in [3.8, 4) is 5.75 Å². The molecular formula is C18H26N2O4S. The summed E-state index contributed by atoms with van der Waals surface area (Å²) in [6, 6.07) is 7.33. The average Bonchev–Trinajstić information content (AvgIpc) is 2.51. The number of piperazine rings is 1. The summed E-state index contributed by atoms with van der Waals surface area (Å²) in [7, 11) is -3.23. The van der Waals surface area contributed by atoms with Gasteiger partial charge in [-0.15, -0.1) is 0 Å². The fraction of sp³-hybridized carbons (Fsp3) is 0.500. The van der Waals surface area contributed by atoms with Crippen molar-refractivity contribution in [3.63, 3.8) is 0 Å². The van der Waals surface area contributed by atoms with Gasteiger partial charge in [0.2, 0.25) is 15.9 Å². The minimum Gasteiger partial charge on any atom is -0.491 e. The van der Waals surface area contributed by atoms with E-state index in [-0.39, 0.29) is 18.1 Å². The number of hydrogen-bond donors (Lipinski definition) is 0. The summed E-state index contributed by atoms with van der Waals surface area (Å²) in [5, 5.41) is 0. The highest BCUT2D eigenvalue weighted by Crippen LogP contribution is 2.17. The van der Waals surface area contributed by atoms with E-state index in [9.17, 15) is 13.2 Å². The van der Waals surface area contributed by atoms with Crippen LogP contribution in [0.3, 0.4) is 0 Å². The zero-order chi connectivity index (χ0) is 18.6. The summed E-state index contributed by atoms with van der Waals surface area (Å²) >= 11 is 0. The van der Waals surface area contributed by atoms with E-state index in [1.54, 1.807) is 11.0 Å². The van der Waals surface area contributed by atoms with Gasteiger partial charge in [0.15, 0.2) is 0 Å². The monoisotopic (exact) mass is 366 g/mol. The predicted molar refractivity (Wildman–Crippen MR) is 98.8 cm³/mol. The van der Waals surface area contributed by atoms with Gasteiger partial charge in [0.05, 0.1) is 12.4 Å². The molecule has 0 radical (unpaired) electrons. The predicted octanol–water partition coefficient (Wildman–Crippen LogP) is 1.98. The second kappa shape index (κ2) is 8.01. The largest absolute Gasteiger partial charge is 0.491 e. The second-order valence-electron chi connectivity index (χ2n) is 6.58. The van der Waals surface area contributed by atoms with Crippen molar-refractivity contribution in [1.82, 2.24) is 9.21 Å². The van der Waals surface area contributed by atoms with Crippen molar-refractivity contribution < 1.29 is 17.9 Å². The molecule has 0 aliphatic carbocycles. The van der Waals surface area contributed by atoms with Crippen molar-refractivity contribution in [3.05, 3.63) is 35.9 Å². The Labute approximate surface area is 150 Å². The van der Waals surface area contributed by atoms with Gasteiger partial charge in [-0.2, -0.15) is 4.31 Å². The summed E-state index contributed by atoms with van der Waals surface area (Å²) < 4.78 is 30.5. The maximum atomic E-state index is 12.4. The Morgan fingerprint density at radius 1 is 1.32 bits per heavy atom. The first kappa shape index (κ1) is 19.5. The lowest BCUT2D eigenvalue weighted by molar-refractivity contribution is -0.127. The van der Waals surface area contributed by atoms with E-state index in [2.05, 4.69) is 0 Å². The number of rotatable bonds is 5. The van der Waals surface area contributed by atoms with Gasteiger partial charge in [0, 0.05) is 31.8 Å². The standard InChI is InChI=1S/C18H26N2O4S/c1-14(2)24-17-7-5-6-16(12-17)8-9-18(21)19-10-11-20(15(3)13-19)25(4,22)23/h5-9,12,14-15H,10-11,13H2,1-4H3/b9-8+/t15-/m0/s1. The highest BCUT2D eigenvalue weighted by atomic mass is 32.2. The van der Waals surface area contributed by atoms with Crippen LogP contribution < -0.4 is 4.74 Å². The third kappa shape index (κ3) is 5.57. The topological polar surface area (TPSA) is 66.9 Å². The van der Waals surface area contributed by atoms with Crippen LogP contribution in [0.1, 0.15) is 26.3 Å². The second-order valence-corrected chi connectivity index (χ2v) is 8.51. The maximum absolute atomic E-state index is 12.4. The molecule has 1 aliphatic rings. The van der Waals surface area contributed by atoms with Gasteiger partial charge in [-0.05, 0) is 44.5 Å². The summed E-state index contributed by atoms with van der Waals surface area (Å²) in [5.74, 6) is 0.648. The van der Waals surface area contributed by atoms with Crippen LogP contribution in [0, 0.1) is 0 Å². The highest BCUT2D eigenvalue weighted by Gasteiger charge is 2.31. The van der Waals surface area contributed by atoms with Crippen molar-refractivity contribution in [1.29, 1.82) is 0 Å². The van der Waals surface area contributed by atoms with E-state index in [1.165, 1.54) is 16.6 Å². The van der Waals surface area contributed by atoms with E-state index < -0.39 is 10.0 Å². The molecule has 0 unspecified atom stereocenters. The Bertz CT molecular complexity index is 743. The molecule has 1 aliphatic heterocycles. The van der Waals surface area contributed by atoms with Gasteiger partial charge in [0.1, 0.15) is 5.75 Å². The first-order valence-corrected chi connectivity index (χ1v) is 10.2. The number of nitrogens with zero attached hydrogens (tertiary/aromatic N) is 2. The van der Waals surface area contributed by atoms with Crippen LogP contribution in [-0.4, -0.2) is 61.6 Å². The number of ether oxygens (including phenoxy) is 1. The van der Waals surface area contributed by atoms with Crippen LogP contribution in [0.15, 0.2) is 30.3 Å². The van der Waals surface area contributed by atoms with E-state index >= 15 is 0 Å². The Hall–Kier alpha value is -1.86. The molecule has 0 aromatic heterocycles. The van der Waals surface area contributed by atoms with Gasteiger partial charge in [-0.1, -0.05) is 12.1 Å². The molecule has 25 heavy (non-hydrogen) atoms. The molecule has 1 atom stereocenters. The molecule has 6 nitrogen and oxygen atoms in total. The molecular weight excluding hydrogens is 340 g/mol. The maximum Gasteiger partial charge on any atom is 0.246 e. The quantitative estimate of drug-likeness (QED) is 0.748. The van der Waals surface area contributed by atoms with Gasteiger partial charge >= 0.3 is 0 Å². The zero-order valence-electron chi connectivity index (χ0n) is 15.2. The third-order valence-electron chi connectivity index (χ3n) is 3.95. The van der Waals surface area contributed by atoms with E-state index in [1.807, 2.05) is 45.0 Å². The fourth-order valence-corrected chi connectivity index (χ4v) is 4.00. The summed E-state index contributed by atoms with van der Waals surface area (Å²) in [5.41, 5.74) is 0.884. The SMILES string of the molecule is CC(C)Oc1cccc(/C=C/C(=O)N2CCN(S(C)(=O)=O)[C@@H](C)C2)c1. The van der Waals surface area contributed by atoms with E-state index in [4.69, 9.17) is 4.74 Å². The minimum atomic E-state index is -3.23. The third-order valence-corrected chi connectivity index (χ3v) is 5.35. The van der Waals surface area contributed by atoms with Crippen molar-refractivity contribution >= 4 is 22.0 Å². The number of amides is 1. The van der Waals surface area contributed by atoms with Crippen molar-refractivity contribution in [2.75, 3.05) is 25.9 Å². The van der Waals surface area contributed by atoms with Crippen molar-refractivity contribution in [2.45, 2.75) is 32.9 Å². The normalized spacial score (nSPS) is 19.6. The Morgan fingerprint density at radius 2 is 2.04 bits per heavy atom. The molecule has 0 N–H and O–H groups in total. The number of sulfonamides is 1. The zero-order valence-corrected chi connectivity index (χ0v) is 16.0. The Kier molecular flexibility index (Phi) is 6.24. The van der Waals surface area contributed by atoms with Crippen LogP contribution in [0.5, 0.6) is 5.75 Å². The minimum absolute atomic E-state index is 0.0912. The van der Waals surface area contributed by atoms with E-state index in [0.29, 0.717) is 19.6 Å². The van der Waals surface area contributed by atoms with Crippen LogP contribution in [-0.2, 0) is 14.8 Å². The number of benzene rings is 1. The molecule has 138 valence electrons. The Morgan fingerprint density at radius 3 is 2.64 bits per heavy atom. The van der Waals surface area contributed by atoms with E-state index in [0.717, 1.165) is 11.3 Å². The molecule has 1 aromatic carbocycles. The summed E-state index contributed by atoms with van der Waals surface area (Å²) in [6.45, 7) is 6.87. The van der Waals surface area contributed by atoms with Crippen LogP contribution in [0.4, 0.5) is 0 Å². The lowest BCUT2D eigenvalue weighted by Gasteiger charge is -2.37. The van der Waals surface area contributed by atoms with Crippen LogP contribution in [0.25, 0.3) is 6.08 Å². The molecule has 1 heterocycles. The molecule has 0 saturated carbocycles. The average molecular weight is 366 g/mol. The van der Waals surface area contributed by atoms with Crippen LogP contribution >= 0.6 is 0 Å². The smallest absolute Gasteiger partial charge is 0.246 e. The first-order valence-electron chi connectivity index (χ1n) is 8.37. The number of carbonyl (C=O) groups is 1. The lowest BCUT2D eigenvalue weighted by atomic mass is 10.2. The molecule has 0 bridgehead atoms. The lowest BCUT2D eigenvalue weighted by Crippen LogP contribution is -2.54. The fourth-order valence-electron chi connectivity index (χ4n) is 2.87. The van der Waals surface area contributed by atoms with Gasteiger partial charge in [-0.3, -0.25) is 4.79 Å². The molecule has 1 fully saturated rings. The summed E-state index contributed by atoms with van der Waals surface area (Å²) in [6.07, 6.45) is 4.57. The number of hydrogen-bond acceptors (Lipinski definition) is 4.